The molecule has 1 aromatic heterocycles. The van der Waals surface area contributed by atoms with Gasteiger partial charge in [-0.25, -0.2) is 4.98 Å². The Labute approximate surface area is 112 Å². The molecule has 0 saturated heterocycles. The number of anilines is 2. The maximum absolute atomic E-state index is 11.3. The third kappa shape index (κ3) is 5.21. The Bertz CT molecular complexity index is 377. The van der Waals surface area contributed by atoms with Crippen LogP contribution in [-0.2, 0) is 4.79 Å². The molecule has 0 aliphatic carbocycles. The van der Waals surface area contributed by atoms with Crippen molar-refractivity contribution in [2.24, 2.45) is 5.73 Å². The van der Waals surface area contributed by atoms with Gasteiger partial charge in [0.2, 0.25) is 5.91 Å². The maximum Gasteiger partial charge on any atom is 0.225 e. The van der Waals surface area contributed by atoms with E-state index in [0.29, 0.717) is 31.1 Å². The number of amides is 1. The Balaban J connectivity index is 2.65. The number of hydrogen-bond acceptors (Lipinski definition) is 6. The molecule has 0 radical (unpaired) electrons. The van der Waals surface area contributed by atoms with Crippen molar-refractivity contribution >= 4 is 17.4 Å². The molecule has 0 unspecified atom stereocenters. The Hall–Kier alpha value is -1.70. The molecule has 0 atom stereocenters. The first kappa shape index (κ1) is 15.4. The summed E-state index contributed by atoms with van der Waals surface area (Å²) in [5.41, 5.74) is 5.88. The highest BCUT2D eigenvalue weighted by molar-refractivity contribution is 5.90. The monoisotopic (exact) mass is 268 g/mol. The van der Waals surface area contributed by atoms with Gasteiger partial charge in [0.15, 0.2) is 0 Å². The van der Waals surface area contributed by atoms with Gasteiger partial charge in [-0.05, 0) is 12.1 Å². The van der Waals surface area contributed by atoms with Crippen molar-refractivity contribution in [3.63, 3.8) is 0 Å². The Morgan fingerprint density at radius 3 is 2.47 bits per heavy atom. The van der Waals surface area contributed by atoms with Gasteiger partial charge in [0, 0.05) is 26.1 Å². The van der Waals surface area contributed by atoms with Crippen LogP contribution >= 0.6 is 0 Å². The smallest absolute Gasteiger partial charge is 0.225 e. The lowest BCUT2D eigenvalue weighted by Crippen LogP contribution is -2.30. The number of aliphatic hydroxyl groups is 2. The molecule has 7 nitrogen and oxygen atoms in total. The van der Waals surface area contributed by atoms with E-state index in [-0.39, 0.29) is 25.5 Å². The van der Waals surface area contributed by atoms with Gasteiger partial charge in [0.05, 0.1) is 25.1 Å². The van der Waals surface area contributed by atoms with Crippen LogP contribution in [0.2, 0.25) is 0 Å². The number of rotatable bonds is 8. The van der Waals surface area contributed by atoms with Gasteiger partial charge in [0.1, 0.15) is 5.82 Å². The van der Waals surface area contributed by atoms with E-state index in [0.717, 1.165) is 0 Å². The average Bonchev–Trinajstić information content (AvgIpc) is 2.40. The molecule has 106 valence electrons. The molecule has 1 heterocycles. The largest absolute Gasteiger partial charge is 0.395 e. The van der Waals surface area contributed by atoms with Crippen LogP contribution in [0, 0.1) is 0 Å². The lowest BCUT2D eigenvalue weighted by molar-refractivity contribution is -0.116. The minimum Gasteiger partial charge on any atom is -0.395 e. The zero-order chi connectivity index (χ0) is 14.1. The first-order valence-corrected chi connectivity index (χ1v) is 6.14. The number of carbonyl (C=O) groups is 1. The van der Waals surface area contributed by atoms with Gasteiger partial charge in [-0.3, -0.25) is 4.79 Å². The molecule has 0 fully saturated rings. The van der Waals surface area contributed by atoms with Crippen LogP contribution in [0.15, 0.2) is 18.3 Å². The van der Waals surface area contributed by atoms with Crippen molar-refractivity contribution in [3.05, 3.63) is 18.3 Å². The third-order valence-corrected chi connectivity index (χ3v) is 2.47. The van der Waals surface area contributed by atoms with E-state index >= 15 is 0 Å². The number of carbonyl (C=O) groups excluding carboxylic acids is 1. The molecule has 7 heteroatoms. The third-order valence-electron chi connectivity index (χ3n) is 2.47. The lowest BCUT2D eigenvalue weighted by atomic mass is 10.3. The topological polar surface area (TPSA) is 112 Å². The van der Waals surface area contributed by atoms with E-state index in [1.54, 1.807) is 17.0 Å². The highest BCUT2D eigenvalue weighted by Crippen LogP contribution is 2.13. The fourth-order valence-electron chi connectivity index (χ4n) is 1.58. The zero-order valence-corrected chi connectivity index (χ0v) is 10.7. The van der Waals surface area contributed by atoms with E-state index in [1.165, 1.54) is 6.20 Å². The highest BCUT2D eigenvalue weighted by atomic mass is 16.3. The van der Waals surface area contributed by atoms with Crippen LogP contribution in [0.3, 0.4) is 0 Å². The second-order valence-corrected chi connectivity index (χ2v) is 3.93. The summed E-state index contributed by atoms with van der Waals surface area (Å²) >= 11 is 0. The van der Waals surface area contributed by atoms with Crippen LogP contribution in [0.25, 0.3) is 0 Å². The molecule has 0 spiro atoms. The van der Waals surface area contributed by atoms with Crippen LogP contribution in [0.1, 0.15) is 6.42 Å². The number of nitrogens with one attached hydrogen (secondary N) is 1. The predicted molar refractivity (Wildman–Crippen MR) is 72.9 cm³/mol. The minimum absolute atomic E-state index is 0.0172. The first-order chi connectivity index (χ1) is 9.21. The molecule has 1 amide bonds. The highest BCUT2D eigenvalue weighted by Gasteiger charge is 2.07. The van der Waals surface area contributed by atoms with Crippen LogP contribution in [0.4, 0.5) is 11.5 Å². The molecule has 1 rings (SSSR count). The van der Waals surface area contributed by atoms with Crippen molar-refractivity contribution in [1.82, 2.24) is 4.98 Å². The Morgan fingerprint density at radius 2 is 2.00 bits per heavy atom. The summed E-state index contributed by atoms with van der Waals surface area (Å²) in [6, 6.07) is 3.45. The fraction of sp³-hybridized carbons (Fsp3) is 0.500. The van der Waals surface area contributed by atoms with Gasteiger partial charge < -0.3 is 26.2 Å². The van der Waals surface area contributed by atoms with Gasteiger partial charge in [-0.1, -0.05) is 0 Å². The fourth-order valence-corrected chi connectivity index (χ4v) is 1.58. The van der Waals surface area contributed by atoms with Crippen LogP contribution in [0.5, 0.6) is 0 Å². The second-order valence-electron chi connectivity index (χ2n) is 3.93. The molecular formula is C12H20N4O3. The van der Waals surface area contributed by atoms with Crippen molar-refractivity contribution in [1.29, 1.82) is 0 Å². The summed E-state index contributed by atoms with van der Waals surface area (Å²) in [6.45, 7) is 1.06. The first-order valence-electron chi connectivity index (χ1n) is 6.14. The molecule has 0 saturated carbocycles. The Morgan fingerprint density at radius 1 is 1.32 bits per heavy atom. The Kier molecular flexibility index (Phi) is 6.80. The quantitative estimate of drug-likeness (QED) is 0.489. The van der Waals surface area contributed by atoms with Crippen molar-refractivity contribution in [2.45, 2.75) is 6.42 Å². The maximum atomic E-state index is 11.3. The van der Waals surface area contributed by atoms with E-state index < -0.39 is 0 Å². The molecule has 0 aliphatic heterocycles. The predicted octanol–water partition coefficient (Wildman–Crippen LogP) is -0.840. The zero-order valence-electron chi connectivity index (χ0n) is 10.7. The van der Waals surface area contributed by atoms with Crippen molar-refractivity contribution in [3.8, 4) is 0 Å². The van der Waals surface area contributed by atoms with Gasteiger partial charge >= 0.3 is 0 Å². The normalized spacial score (nSPS) is 10.3. The number of hydrogen-bond donors (Lipinski definition) is 4. The number of nitrogens with two attached hydrogens (primary N) is 1. The summed E-state index contributed by atoms with van der Waals surface area (Å²) in [7, 11) is 0. The molecule has 0 aliphatic rings. The molecule has 0 aromatic carbocycles. The lowest BCUT2D eigenvalue weighted by Gasteiger charge is -2.21. The molecule has 1 aromatic rings. The average molecular weight is 268 g/mol. The van der Waals surface area contributed by atoms with E-state index in [9.17, 15) is 4.79 Å². The van der Waals surface area contributed by atoms with E-state index in [1.807, 2.05) is 0 Å². The molecular weight excluding hydrogens is 248 g/mol. The van der Waals surface area contributed by atoms with Gasteiger partial charge in [0.25, 0.3) is 0 Å². The number of aromatic nitrogens is 1. The summed E-state index contributed by atoms with van der Waals surface area (Å²) in [4.78, 5) is 17.3. The summed E-state index contributed by atoms with van der Waals surface area (Å²) < 4.78 is 0. The summed E-state index contributed by atoms with van der Waals surface area (Å²) in [5, 5.41) is 20.5. The number of aliphatic hydroxyl groups excluding tert-OH is 2. The summed E-state index contributed by atoms with van der Waals surface area (Å²) in [5.74, 6) is 0.486. The van der Waals surface area contributed by atoms with E-state index in [2.05, 4.69) is 10.3 Å². The van der Waals surface area contributed by atoms with Crippen LogP contribution < -0.4 is 16.0 Å². The number of pyridine rings is 1. The standard InChI is InChI=1S/C12H20N4O3/c13-4-3-12(19)15-10-1-2-11(14-9-10)16(5-7-17)6-8-18/h1-2,9,17-18H,3-8,13H2,(H,15,19). The van der Waals surface area contributed by atoms with Crippen molar-refractivity contribution in [2.75, 3.05) is 43.1 Å². The van der Waals surface area contributed by atoms with Gasteiger partial charge in [-0.2, -0.15) is 0 Å². The molecule has 5 N–H and O–H groups in total. The van der Waals surface area contributed by atoms with Crippen molar-refractivity contribution < 1.29 is 15.0 Å². The van der Waals surface area contributed by atoms with E-state index in [4.69, 9.17) is 15.9 Å². The second kappa shape index (κ2) is 8.41. The minimum atomic E-state index is -0.153. The molecule has 19 heavy (non-hydrogen) atoms. The summed E-state index contributed by atoms with van der Waals surface area (Å²) in [6.07, 6.45) is 1.80. The van der Waals surface area contributed by atoms with Gasteiger partial charge in [-0.15, -0.1) is 0 Å². The SMILES string of the molecule is NCCC(=O)Nc1ccc(N(CCO)CCO)nc1. The molecule has 0 bridgehead atoms. The number of nitrogens with zero attached hydrogens (tertiary/aromatic N) is 2. The van der Waals surface area contributed by atoms with Crippen LogP contribution in [-0.4, -0.2) is 54.0 Å².